The Balaban J connectivity index is 2.09. The van der Waals surface area contributed by atoms with E-state index in [4.69, 9.17) is 18.9 Å². The fourth-order valence-electron chi connectivity index (χ4n) is 3.12. The molecule has 1 aromatic carbocycles. The molecule has 1 unspecified atom stereocenters. The van der Waals surface area contributed by atoms with Crippen LogP contribution in [0.5, 0.6) is 5.75 Å². The number of ether oxygens (including phenoxy) is 4. The molecule has 0 N–H and O–H groups in total. The molecular formula is C22H25NO6. The Morgan fingerprint density at radius 3 is 1.97 bits per heavy atom. The molecule has 7 nitrogen and oxygen atoms in total. The van der Waals surface area contributed by atoms with Gasteiger partial charge in [-0.3, -0.25) is 4.98 Å². The standard InChI is InChI=1S/C22H25NO6/c1-5-26-21(24)18-13(3)23-14(4)19(22(25)27-6-2)20(18)15-7-9-16(10-8-15)28-11-17-12-29-17/h7-10,17H,5-6,11-12H2,1-4H3. The molecule has 2 aromatic rings. The van der Waals surface area contributed by atoms with Gasteiger partial charge in [0.25, 0.3) is 0 Å². The fraction of sp³-hybridized carbons (Fsp3) is 0.409. The summed E-state index contributed by atoms with van der Waals surface area (Å²) in [7, 11) is 0. The number of esters is 2. The predicted octanol–water partition coefficient (Wildman–Crippen LogP) is 3.50. The van der Waals surface area contributed by atoms with Crippen molar-refractivity contribution in [2.45, 2.75) is 33.8 Å². The molecule has 3 rings (SSSR count). The Hall–Kier alpha value is -2.93. The first kappa shape index (κ1) is 20.8. The van der Waals surface area contributed by atoms with Gasteiger partial charge in [0.05, 0.1) is 42.3 Å². The van der Waals surface area contributed by atoms with E-state index in [1.54, 1.807) is 39.8 Å². The number of benzene rings is 1. The SMILES string of the molecule is CCOC(=O)c1c(C)nc(C)c(C(=O)OCC)c1-c1ccc(OCC2CO2)cc1. The minimum atomic E-state index is -0.524. The summed E-state index contributed by atoms with van der Waals surface area (Å²) in [5.41, 5.74) is 2.66. The van der Waals surface area contributed by atoms with Crippen LogP contribution in [0.4, 0.5) is 0 Å². The highest BCUT2D eigenvalue weighted by Crippen LogP contribution is 2.33. The van der Waals surface area contributed by atoms with Crippen molar-refractivity contribution in [1.29, 1.82) is 0 Å². The Morgan fingerprint density at radius 2 is 1.52 bits per heavy atom. The number of epoxide rings is 1. The van der Waals surface area contributed by atoms with E-state index in [-0.39, 0.29) is 30.4 Å². The number of rotatable bonds is 8. The molecule has 1 aliphatic rings. The van der Waals surface area contributed by atoms with Crippen LogP contribution in [0.15, 0.2) is 24.3 Å². The quantitative estimate of drug-likeness (QED) is 0.496. The van der Waals surface area contributed by atoms with Gasteiger partial charge in [0.15, 0.2) is 0 Å². The summed E-state index contributed by atoms with van der Waals surface area (Å²) in [6.07, 6.45) is 0.158. The fourth-order valence-corrected chi connectivity index (χ4v) is 3.12. The van der Waals surface area contributed by atoms with Gasteiger partial charge in [-0.2, -0.15) is 0 Å². The van der Waals surface area contributed by atoms with Crippen LogP contribution in [-0.4, -0.2) is 49.5 Å². The molecular weight excluding hydrogens is 374 g/mol. The van der Waals surface area contributed by atoms with E-state index >= 15 is 0 Å². The molecule has 1 atom stereocenters. The zero-order chi connectivity index (χ0) is 21.0. The number of aromatic nitrogens is 1. The van der Waals surface area contributed by atoms with Gasteiger partial charge in [0.1, 0.15) is 18.5 Å². The summed E-state index contributed by atoms with van der Waals surface area (Å²) in [5.74, 6) is -0.365. The highest BCUT2D eigenvalue weighted by Gasteiger charge is 2.28. The van der Waals surface area contributed by atoms with Crippen LogP contribution < -0.4 is 4.74 Å². The Morgan fingerprint density at radius 1 is 1.00 bits per heavy atom. The Kier molecular flexibility index (Phi) is 6.49. The lowest BCUT2D eigenvalue weighted by Crippen LogP contribution is -2.17. The number of hydrogen-bond donors (Lipinski definition) is 0. The molecule has 0 amide bonds. The van der Waals surface area contributed by atoms with Crippen LogP contribution in [0.25, 0.3) is 11.1 Å². The van der Waals surface area contributed by atoms with Crippen LogP contribution in [0.1, 0.15) is 46.0 Å². The average molecular weight is 399 g/mol. The number of carbonyl (C=O) groups is 2. The largest absolute Gasteiger partial charge is 0.491 e. The summed E-state index contributed by atoms with van der Waals surface area (Å²) < 4.78 is 21.3. The maximum Gasteiger partial charge on any atom is 0.340 e. The highest BCUT2D eigenvalue weighted by molar-refractivity contribution is 6.07. The monoisotopic (exact) mass is 399 g/mol. The zero-order valence-electron chi connectivity index (χ0n) is 17.1. The molecule has 0 saturated carbocycles. The number of hydrogen-bond acceptors (Lipinski definition) is 7. The van der Waals surface area contributed by atoms with E-state index in [1.807, 2.05) is 12.1 Å². The molecule has 1 aliphatic heterocycles. The van der Waals surface area contributed by atoms with Gasteiger partial charge < -0.3 is 18.9 Å². The van der Waals surface area contributed by atoms with Gasteiger partial charge in [-0.15, -0.1) is 0 Å². The van der Waals surface area contributed by atoms with Crippen LogP contribution in [-0.2, 0) is 14.2 Å². The second kappa shape index (κ2) is 9.05. The normalized spacial score (nSPS) is 15.0. The van der Waals surface area contributed by atoms with Crippen molar-refractivity contribution in [2.75, 3.05) is 26.4 Å². The number of pyridine rings is 1. The maximum absolute atomic E-state index is 12.7. The van der Waals surface area contributed by atoms with Crippen LogP contribution in [0.3, 0.4) is 0 Å². The van der Waals surface area contributed by atoms with E-state index in [0.717, 1.165) is 6.61 Å². The zero-order valence-corrected chi connectivity index (χ0v) is 17.1. The summed E-state index contributed by atoms with van der Waals surface area (Å²) in [4.78, 5) is 29.8. The number of carbonyl (C=O) groups excluding carboxylic acids is 2. The molecule has 0 bridgehead atoms. The van der Waals surface area contributed by atoms with Crippen molar-refractivity contribution in [2.24, 2.45) is 0 Å². The van der Waals surface area contributed by atoms with Crippen molar-refractivity contribution in [3.8, 4) is 16.9 Å². The first-order valence-corrected chi connectivity index (χ1v) is 9.66. The van der Waals surface area contributed by atoms with Crippen molar-refractivity contribution in [3.05, 3.63) is 46.8 Å². The third kappa shape index (κ3) is 4.74. The Labute approximate surface area is 169 Å². The topological polar surface area (TPSA) is 87.2 Å². The highest BCUT2D eigenvalue weighted by atomic mass is 16.6. The first-order chi connectivity index (χ1) is 14.0. The molecule has 0 aliphatic carbocycles. The lowest BCUT2D eigenvalue weighted by molar-refractivity contribution is 0.0525. The molecule has 29 heavy (non-hydrogen) atoms. The number of aryl methyl sites for hydroxylation is 2. The van der Waals surface area contributed by atoms with E-state index in [2.05, 4.69) is 4.98 Å². The minimum Gasteiger partial charge on any atom is -0.491 e. The summed E-state index contributed by atoms with van der Waals surface area (Å²) in [5, 5.41) is 0. The number of nitrogens with zero attached hydrogens (tertiary/aromatic N) is 1. The smallest absolute Gasteiger partial charge is 0.340 e. The molecule has 1 aromatic heterocycles. The lowest BCUT2D eigenvalue weighted by Gasteiger charge is -2.18. The molecule has 1 saturated heterocycles. The Bertz CT molecular complexity index is 860. The second-order valence-electron chi connectivity index (χ2n) is 6.64. The van der Waals surface area contributed by atoms with E-state index in [9.17, 15) is 9.59 Å². The van der Waals surface area contributed by atoms with Gasteiger partial charge in [0, 0.05) is 5.56 Å². The van der Waals surface area contributed by atoms with Crippen LogP contribution >= 0.6 is 0 Å². The molecule has 0 radical (unpaired) electrons. The third-order valence-corrected chi connectivity index (χ3v) is 4.50. The van der Waals surface area contributed by atoms with Crippen molar-refractivity contribution in [1.82, 2.24) is 4.98 Å². The molecule has 1 fully saturated rings. The van der Waals surface area contributed by atoms with Gasteiger partial charge in [-0.05, 0) is 45.4 Å². The third-order valence-electron chi connectivity index (χ3n) is 4.50. The first-order valence-electron chi connectivity index (χ1n) is 9.66. The summed E-state index contributed by atoms with van der Waals surface area (Å²) in [6.45, 7) is 8.57. The van der Waals surface area contributed by atoms with Crippen molar-refractivity contribution in [3.63, 3.8) is 0 Å². The van der Waals surface area contributed by atoms with Gasteiger partial charge in [-0.25, -0.2) is 9.59 Å². The maximum atomic E-state index is 12.7. The molecule has 154 valence electrons. The molecule has 7 heteroatoms. The van der Waals surface area contributed by atoms with Crippen LogP contribution in [0, 0.1) is 13.8 Å². The predicted molar refractivity (Wildman–Crippen MR) is 106 cm³/mol. The average Bonchev–Trinajstić information content (AvgIpc) is 3.51. The minimum absolute atomic E-state index is 0.158. The van der Waals surface area contributed by atoms with E-state index in [1.165, 1.54) is 0 Å². The van der Waals surface area contributed by atoms with Gasteiger partial charge in [0.2, 0.25) is 0 Å². The summed E-state index contributed by atoms with van der Waals surface area (Å²) >= 11 is 0. The second-order valence-corrected chi connectivity index (χ2v) is 6.64. The van der Waals surface area contributed by atoms with Crippen molar-refractivity contribution < 1.29 is 28.5 Å². The van der Waals surface area contributed by atoms with E-state index in [0.29, 0.717) is 34.9 Å². The van der Waals surface area contributed by atoms with Crippen molar-refractivity contribution >= 4 is 11.9 Å². The van der Waals surface area contributed by atoms with Crippen LogP contribution in [0.2, 0.25) is 0 Å². The van der Waals surface area contributed by atoms with E-state index < -0.39 is 11.9 Å². The molecule has 0 spiro atoms. The van der Waals surface area contributed by atoms with Gasteiger partial charge >= 0.3 is 11.9 Å². The lowest BCUT2D eigenvalue weighted by atomic mass is 9.92. The molecule has 2 heterocycles. The van der Waals surface area contributed by atoms with Gasteiger partial charge in [-0.1, -0.05) is 12.1 Å². The summed E-state index contributed by atoms with van der Waals surface area (Å²) in [6, 6.07) is 7.21.